The second-order valence-corrected chi connectivity index (χ2v) is 2.95. The van der Waals surface area contributed by atoms with Crippen LogP contribution >= 0.6 is 0 Å². The zero-order valence-corrected chi connectivity index (χ0v) is 7.93. The molecule has 5 nitrogen and oxygen atoms in total. The second kappa shape index (κ2) is 5.31. The Kier molecular flexibility index (Phi) is 4.03. The van der Waals surface area contributed by atoms with Crippen LogP contribution < -0.4 is 11.2 Å². The quantitative estimate of drug-likeness (QED) is 0.667. The van der Waals surface area contributed by atoms with Gasteiger partial charge in [-0.25, -0.2) is 5.90 Å². The summed E-state index contributed by atoms with van der Waals surface area (Å²) < 4.78 is 0. The van der Waals surface area contributed by atoms with Gasteiger partial charge in [0.15, 0.2) is 0 Å². The largest absolute Gasteiger partial charge is 0.347 e. The third-order valence-electron chi connectivity index (χ3n) is 1.65. The standard InChI is InChI=1S/C9H13N3O2/c1-7(6-14-10)12-9(13)8-3-2-4-11-5-8/h2-5,7H,6,10H2,1H3,(H,12,13). The Labute approximate surface area is 82.2 Å². The lowest BCUT2D eigenvalue weighted by Crippen LogP contribution is -2.36. The topological polar surface area (TPSA) is 77.2 Å². The van der Waals surface area contributed by atoms with E-state index >= 15 is 0 Å². The molecule has 0 fully saturated rings. The van der Waals surface area contributed by atoms with Crippen molar-refractivity contribution in [1.82, 2.24) is 10.3 Å². The molecule has 1 rings (SSSR count). The van der Waals surface area contributed by atoms with Crippen molar-refractivity contribution >= 4 is 5.91 Å². The maximum Gasteiger partial charge on any atom is 0.253 e. The number of carbonyl (C=O) groups is 1. The predicted octanol–water partition coefficient (Wildman–Crippen LogP) is 0.0902. The summed E-state index contributed by atoms with van der Waals surface area (Å²) >= 11 is 0. The molecule has 1 heterocycles. The van der Waals surface area contributed by atoms with E-state index in [4.69, 9.17) is 5.90 Å². The second-order valence-electron chi connectivity index (χ2n) is 2.95. The van der Waals surface area contributed by atoms with Gasteiger partial charge in [-0.1, -0.05) is 0 Å². The normalized spacial score (nSPS) is 12.1. The number of nitrogens with two attached hydrogens (primary N) is 1. The zero-order chi connectivity index (χ0) is 10.4. The first-order chi connectivity index (χ1) is 6.74. The van der Waals surface area contributed by atoms with Crippen LogP contribution in [-0.2, 0) is 4.84 Å². The molecule has 0 saturated carbocycles. The lowest BCUT2D eigenvalue weighted by Gasteiger charge is -2.11. The van der Waals surface area contributed by atoms with Gasteiger partial charge in [0, 0.05) is 12.4 Å². The van der Waals surface area contributed by atoms with E-state index in [1.54, 1.807) is 25.3 Å². The number of hydrogen-bond donors (Lipinski definition) is 2. The van der Waals surface area contributed by atoms with E-state index in [1.807, 2.05) is 0 Å². The van der Waals surface area contributed by atoms with Crippen LogP contribution in [0, 0.1) is 0 Å². The smallest absolute Gasteiger partial charge is 0.253 e. The molecular weight excluding hydrogens is 182 g/mol. The zero-order valence-electron chi connectivity index (χ0n) is 7.93. The molecule has 0 aliphatic carbocycles. The number of nitrogens with zero attached hydrogens (tertiary/aromatic N) is 1. The highest BCUT2D eigenvalue weighted by Gasteiger charge is 2.08. The minimum atomic E-state index is -0.178. The summed E-state index contributed by atoms with van der Waals surface area (Å²) in [5.41, 5.74) is 0.524. The molecule has 14 heavy (non-hydrogen) atoms. The molecule has 0 aliphatic rings. The third-order valence-corrected chi connectivity index (χ3v) is 1.65. The first kappa shape index (κ1) is 10.6. The van der Waals surface area contributed by atoms with Crippen LogP contribution in [0.2, 0.25) is 0 Å². The summed E-state index contributed by atoms with van der Waals surface area (Å²) in [6.45, 7) is 2.09. The fraction of sp³-hybridized carbons (Fsp3) is 0.333. The van der Waals surface area contributed by atoms with Crippen molar-refractivity contribution in [2.24, 2.45) is 5.90 Å². The Morgan fingerprint density at radius 2 is 2.57 bits per heavy atom. The Morgan fingerprint density at radius 3 is 3.14 bits per heavy atom. The van der Waals surface area contributed by atoms with Gasteiger partial charge < -0.3 is 10.2 Å². The maximum atomic E-state index is 11.5. The van der Waals surface area contributed by atoms with Crippen molar-refractivity contribution in [3.8, 4) is 0 Å². The van der Waals surface area contributed by atoms with Crippen LogP contribution in [0.15, 0.2) is 24.5 Å². The van der Waals surface area contributed by atoms with E-state index in [1.165, 1.54) is 6.20 Å². The van der Waals surface area contributed by atoms with E-state index in [9.17, 15) is 4.79 Å². The monoisotopic (exact) mass is 195 g/mol. The Morgan fingerprint density at radius 1 is 1.79 bits per heavy atom. The SMILES string of the molecule is CC(CON)NC(=O)c1cccnc1. The van der Waals surface area contributed by atoms with Crippen molar-refractivity contribution in [3.05, 3.63) is 30.1 Å². The number of carbonyl (C=O) groups excluding carboxylic acids is 1. The molecule has 0 spiro atoms. The molecule has 1 atom stereocenters. The summed E-state index contributed by atoms with van der Waals surface area (Å²) in [6, 6.07) is 3.28. The fourth-order valence-electron chi connectivity index (χ4n) is 0.990. The minimum absolute atomic E-state index is 0.118. The lowest BCUT2D eigenvalue weighted by molar-refractivity contribution is 0.0857. The molecule has 5 heteroatoms. The van der Waals surface area contributed by atoms with Gasteiger partial charge >= 0.3 is 0 Å². The predicted molar refractivity (Wildman–Crippen MR) is 51.3 cm³/mol. The van der Waals surface area contributed by atoms with E-state index in [-0.39, 0.29) is 18.6 Å². The molecular formula is C9H13N3O2. The van der Waals surface area contributed by atoms with Crippen LogP contribution in [0.4, 0.5) is 0 Å². The number of amides is 1. The first-order valence-corrected chi connectivity index (χ1v) is 4.26. The number of hydrogen-bond acceptors (Lipinski definition) is 4. The average molecular weight is 195 g/mol. The Bertz CT molecular complexity index is 289. The number of pyridine rings is 1. The highest BCUT2D eigenvalue weighted by molar-refractivity contribution is 5.93. The highest BCUT2D eigenvalue weighted by atomic mass is 16.6. The molecule has 76 valence electrons. The molecule has 3 N–H and O–H groups in total. The van der Waals surface area contributed by atoms with Crippen molar-refractivity contribution in [2.45, 2.75) is 13.0 Å². The highest BCUT2D eigenvalue weighted by Crippen LogP contribution is 1.96. The first-order valence-electron chi connectivity index (χ1n) is 4.26. The molecule has 1 aromatic heterocycles. The van der Waals surface area contributed by atoms with Gasteiger partial charge in [-0.15, -0.1) is 0 Å². The van der Waals surface area contributed by atoms with E-state index in [0.29, 0.717) is 5.56 Å². The average Bonchev–Trinajstić information content (AvgIpc) is 2.19. The van der Waals surface area contributed by atoms with Crippen molar-refractivity contribution < 1.29 is 9.63 Å². The van der Waals surface area contributed by atoms with Gasteiger partial charge in [-0.2, -0.15) is 0 Å². The molecule has 0 bridgehead atoms. The Hall–Kier alpha value is -1.46. The summed E-state index contributed by atoms with van der Waals surface area (Å²) in [6.07, 6.45) is 3.12. The Balaban J connectivity index is 2.51. The van der Waals surface area contributed by atoms with Crippen LogP contribution in [0.1, 0.15) is 17.3 Å². The molecule has 0 aliphatic heterocycles. The minimum Gasteiger partial charge on any atom is -0.347 e. The third kappa shape index (κ3) is 3.12. The van der Waals surface area contributed by atoms with Crippen molar-refractivity contribution in [1.29, 1.82) is 0 Å². The number of aromatic nitrogens is 1. The van der Waals surface area contributed by atoms with Gasteiger partial charge in [0.25, 0.3) is 5.91 Å². The van der Waals surface area contributed by atoms with Crippen molar-refractivity contribution in [3.63, 3.8) is 0 Å². The molecule has 0 radical (unpaired) electrons. The maximum absolute atomic E-state index is 11.5. The summed E-state index contributed by atoms with van der Waals surface area (Å²) in [7, 11) is 0. The van der Waals surface area contributed by atoms with Crippen LogP contribution in [0.25, 0.3) is 0 Å². The molecule has 1 unspecified atom stereocenters. The van der Waals surface area contributed by atoms with Crippen LogP contribution in [0.5, 0.6) is 0 Å². The number of nitrogens with one attached hydrogen (secondary N) is 1. The van der Waals surface area contributed by atoms with Gasteiger partial charge in [-0.05, 0) is 19.1 Å². The summed E-state index contributed by atoms with van der Waals surface area (Å²) in [5, 5.41) is 2.71. The number of rotatable bonds is 4. The molecule has 0 saturated heterocycles. The summed E-state index contributed by atoms with van der Waals surface area (Å²) in [4.78, 5) is 19.7. The molecule has 1 amide bonds. The van der Waals surface area contributed by atoms with Crippen molar-refractivity contribution in [2.75, 3.05) is 6.61 Å². The molecule has 0 aromatic carbocycles. The summed E-state index contributed by atoms with van der Waals surface area (Å²) in [5.74, 6) is 4.70. The van der Waals surface area contributed by atoms with Crippen LogP contribution in [-0.4, -0.2) is 23.5 Å². The van der Waals surface area contributed by atoms with E-state index in [2.05, 4.69) is 15.1 Å². The van der Waals surface area contributed by atoms with Gasteiger partial charge in [0.2, 0.25) is 0 Å². The van der Waals surface area contributed by atoms with Gasteiger partial charge in [0.1, 0.15) is 0 Å². The van der Waals surface area contributed by atoms with E-state index in [0.717, 1.165) is 0 Å². The van der Waals surface area contributed by atoms with E-state index < -0.39 is 0 Å². The van der Waals surface area contributed by atoms with Gasteiger partial charge in [-0.3, -0.25) is 9.78 Å². The molecule has 1 aromatic rings. The fourth-order valence-corrected chi connectivity index (χ4v) is 0.990. The van der Waals surface area contributed by atoms with Gasteiger partial charge in [0.05, 0.1) is 18.2 Å². The van der Waals surface area contributed by atoms with Crippen LogP contribution in [0.3, 0.4) is 0 Å². The lowest BCUT2D eigenvalue weighted by atomic mass is 10.2.